The van der Waals surface area contributed by atoms with Gasteiger partial charge in [0.25, 0.3) is 5.91 Å². The summed E-state index contributed by atoms with van der Waals surface area (Å²) >= 11 is 0. The van der Waals surface area contributed by atoms with Crippen molar-refractivity contribution >= 4 is 16.8 Å². The van der Waals surface area contributed by atoms with Crippen LogP contribution in [-0.4, -0.2) is 17.4 Å². The summed E-state index contributed by atoms with van der Waals surface area (Å²) in [5.41, 5.74) is 3.38. The maximum absolute atomic E-state index is 12.7. The number of carbonyl (C=O) groups excluding carboxylic acids is 1. The van der Waals surface area contributed by atoms with Gasteiger partial charge in [0.15, 0.2) is 0 Å². The van der Waals surface area contributed by atoms with Gasteiger partial charge >= 0.3 is 0 Å². The average molecular weight is 318 g/mol. The molecule has 0 aliphatic heterocycles. The van der Waals surface area contributed by atoms with Gasteiger partial charge in [-0.2, -0.15) is 0 Å². The Bertz CT molecular complexity index is 828. The minimum atomic E-state index is -0.0260. The number of hydrogen-bond donors (Lipinski definition) is 1. The Hall–Kier alpha value is -2.68. The fourth-order valence-corrected chi connectivity index (χ4v) is 2.79. The van der Waals surface area contributed by atoms with Crippen molar-refractivity contribution in [3.63, 3.8) is 0 Å². The predicted octanol–water partition coefficient (Wildman–Crippen LogP) is 4.82. The van der Waals surface area contributed by atoms with E-state index in [4.69, 9.17) is 4.98 Å². The highest BCUT2D eigenvalue weighted by Gasteiger charge is 2.13. The van der Waals surface area contributed by atoms with E-state index in [2.05, 4.69) is 12.2 Å². The Labute approximate surface area is 142 Å². The lowest BCUT2D eigenvalue weighted by Gasteiger charge is -2.10. The van der Waals surface area contributed by atoms with Crippen molar-refractivity contribution in [2.75, 3.05) is 6.54 Å². The number of amides is 1. The van der Waals surface area contributed by atoms with Crippen molar-refractivity contribution in [1.82, 2.24) is 10.3 Å². The zero-order valence-corrected chi connectivity index (χ0v) is 14.0. The molecular weight excluding hydrogens is 296 g/mol. The summed E-state index contributed by atoms with van der Waals surface area (Å²) in [5.74, 6) is -0.0260. The lowest BCUT2D eigenvalue weighted by atomic mass is 10.0. The van der Waals surface area contributed by atoms with E-state index in [9.17, 15) is 4.79 Å². The first-order chi connectivity index (χ1) is 11.8. The topological polar surface area (TPSA) is 42.0 Å². The molecule has 2 aromatic carbocycles. The molecule has 3 aromatic rings. The number of rotatable bonds is 6. The quantitative estimate of drug-likeness (QED) is 0.662. The van der Waals surface area contributed by atoms with Gasteiger partial charge in [-0.25, -0.2) is 4.98 Å². The highest BCUT2D eigenvalue weighted by Crippen LogP contribution is 2.24. The molecule has 0 unspecified atom stereocenters. The Kier molecular flexibility index (Phi) is 5.22. The third kappa shape index (κ3) is 3.62. The van der Waals surface area contributed by atoms with Crippen LogP contribution >= 0.6 is 0 Å². The summed E-state index contributed by atoms with van der Waals surface area (Å²) in [4.78, 5) is 17.4. The van der Waals surface area contributed by atoms with Crippen LogP contribution in [-0.2, 0) is 0 Å². The van der Waals surface area contributed by atoms with E-state index >= 15 is 0 Å². The Balaban J connectivity index is 1.97. The Morgan fingerprint density at radius 1 is 1.00 bits per heavy atom. The second-order valence-corrected chi connectivity index (χ2v) is 5.90. The summed E-state index contributed by atoms with van der Waals surface area (Å²) in [7, 11) is 0. The molecule has 0 saturated heterocycles. The van der Waals surface area contributed by atoms with Crippen molar-refractivity contribution in [1.29, 1.82) is 0 Å². The number of carbonyl (C=O) groups is 1. The van der Waals surface area contributed by atoms with Gasteiger partial charge in [0.05, 0.1) is 16.8 Å². The largest absolute Gasteiger partial charge is 0.352 e. The van der Waals surface area contributed by atoms with E-state index in [0.717, 1.165) is 41.4 Å². The number of nitrogens with one attached hydrogen (secondary N) is 1. The smallest absolute Gasteiger partial charge is 0.252 e. The summed E-state index contributed by atoms with van der Waals surface area (Å²) < 4.78 is 0. The molecule has 3 nitrogen and oxygen atoms in total. The molecule has 1 aromatic heterocycles. The lowest BCUT2D eigenvalue weighted by Crippen LogP contribution is -2.24. The third-order valence-corrected chi connectivity index (χ3v) is 4.10. The van der Waals surface area contributed by atoms with Crippen molar-refractivity contribution < 1.29 is 4.79 Å². The van der Waals surface area contributed by atoms with Crippen LogP contribution in [0.4, 0.5) is 0 Å². The van der Waals surface area contributed by atoms with Gasteiger partial charge in [-0.15, -0.1) is 0 Å². The number of para-hydroxylation sites is 1. The molecule has 0 fully saturated rings. The van der Waals surface area contributed by atoms with Crippen LogP contribution < -0.4 is 5.32 Å². The molecule has 122 valence electrons. The molecule has 0 aliphatic carbocycles. The van der Waals surface area contributed by atoms with E-state index in [1.165, 1.54) is 0 Å². The van der Waals surface area contributed by atoms with Crippen molar-refractivity contribution in [2.24, 2.45) is 0 Å². The number of hydrogen-bond acceptors (Lipinski definition) is 2. The molecule has 0 atom stereocenters. The molecule has 1 N–H and O–H groups in total. The summed E-state index contributed by atoms with van der Waals surface area (Å²) in [6.45, 7) is 2.87. The van der Waals surface area contributed by atoms with Crippen molar-refractivity contribution in [2.45, 2.75) is 26.2 Å². The van der Waals surface area contributed by atoms with Gasteiger partial charge in [0.1, 0.15) is 0 Å². The molecule has 1 amide bonds. The van der Waals surface area contributed by atoms with Crippen LogP contribution in [0.2, 0.25) is 0 Å². The number of nitrogens with zero attached hydrogens (tertiary/aromatic N) is 1. The van der Waals surface area contributed by atoms with E-state index in [-0.39, 0.29) is 5.91 Å². The molecule has 0 bridgehead atoms. The number of benzene rings is 2. The van der Waals surface area contributed by atoms with Crippen molar-refractivity contribution in [3.05, 3.63) is 66.2 Å². The van der Waals surface area contributed by atoms with Gasteiger partial charge in [-0.3, -0.25) is 4.79 Å². The standard InChI is InChI=1S/C21H22N2O/c1-2-3-9-14-22-21(24)18-15-20(16-10-5-4-6-11-16)23-19-13-8-7-12-17(18)19/h4-8,10-13,15H,2-3,9,14H2,1H3,(H,22,24). The van der Waals surface area contributed by atoms with E-state index in [1.807, 2.05) is 60.7 Å². The fourth-order valence-electron chi connectivity index (χ4n) is 2.79. The van der Waals surface area contributed by atoms with E-state index < -0.39 is 0 Å². The first kappa shape index (κ1) is 16.2. The van der Waals surface area contributed by atoms with Gasteiger partial charge < -0.3 is 5.32 Å². The first-order valence-electron chi connectivity index (χ1n) is 8.53. The maximum Gasteiger partial charge on any atom is 0.252 e. The van der Waals surface area contributed by atoms with Crippen LogP contribution in [0.3, 0.4) is 0 Å². The number of pyridine rings is 1. The third-order valence-electron chi connectivity index (χ3n) is 4.10. The molecule has 3 rings (SSSR count). The second kappa shape index (κ2) is 7.73. The van der Waals surface area contributed by atoms with Crippen LogP contribution in [0.25, 0.3) is 22.2 Å². The maximum atomic E-state index is 12.7. The molecule has 0 saturated carbocycles. The normalized spacial score (nSPS) is 10.7. The Morgan fingerprint density at radius 3 is 2.54 bits per heavy atom. The minimum absolute atomic E-state index is 0.0260. The summed E-state index contributed by atoms with van der Waals surface area (Å²) in [5, 5.41) is 3.93. The van der Waals surface area contributed by atoms with Crippen LogP contribution in [0.5, 0.6) is 0 Å². The highest BCUT2D eigenvalue weighted by molar-refractivity contribution is 6.07. The zero-order chi connectivity index (χ0) is 16.8. The van der Waals surface area contributed by atoms with Crippen LogP contribution in [0.15, 0.2) is 60.7 Å². The van der Waals surface area contributed by atoms with Gasteiger partial charge in [0.2, 0.25) is 0 Å². The summed E-state index contributed by atoms with van der Waals surface area (Å²) in [6.07, 6.45) is 3.29. The summed E-state index contributed by atoms with van der Waals surface area (Å²) in [6, 6.07) is 19.7. The SMILES string of the molecule is CCCCCNC(=O)c1cc(-c2ccccc2)nc2ccccc12. The average Bonchev–Trinajstić information content (AvgIpc) is 2.65. The van der Waals surface area contributed by atoms with Crippen molar-refractivity contribution in [3.8, 4) is 11.3 Å². The van der Waals surface area contributed by atoms with Crippen LogP contribution in [0.1, 0.15) is 36.5 Å². The van der Waals surface area contributed by atoms with E-state index in [1.54, 1.807) is 0 Å². The van der Waals surface area contributed by atoms with E-state index in [0.29, 0.717) is 12.1 Å². The number of fused-ring (bicyclic) bond motifs is 1. The van der Waals surface area contributed by atoms with Gasteiger partial charge in [-0.05, 0) is 18.6 Å². The fraction of sp³-hybridized carbons (Fsp3) is 0.238. The zero-order valence-electron chi connectivity index (χ0n) is 14.0. The minimum Gasteiger partial charge on any atom is -0.352 e. The number of aromatic nitrogens is 1. The molecule has 1 heterocycles. The lowest BCUT2D eigenvalue weighted by molar-refractivity contribution is 0.0954. The molecule has 3 heteroatoms. The predicted molar refractivity (Wildman–Crippen MR) is 99.0 cm³/mol. The van der Waals surface area contributed by atoms with Gasteiger partial charge in [-0.1, -0.05) is 68.3 Å². The number of unbranched alkanes of at least 4 members (excludes halogenated alkanes) is 2. The van der Waals surface area contributed by atoms with Gasteiger partial charge in [0, 0.05) is 17.5 Å². The molecule has 0 aliphatic rings. The Morgan fingerprint density at radius 2 is 1.75 bits per heavy atom. The molecular formula is C21H22N2O. The molecule has 0 radical (unpaired) electrons. The first-order valence-corrected chi connectivity index (χ1v) is 8.53. The highest BCUT2D eigenvalue weighted by atomic mass is 16.1. The second-order valence-electron chi connectivity index (χ2n) is 5.90. The molecule has 0 spiro atoms. The van der Waals surface area contributed by atoms with Crippen LogP contribution in [0, 0.1) is 0 Å². The molecule has 24 heavy (non-hydrogen) atoms. The monoisotopic (exact) mass is 318 g/mol.